The van der Waals surface area contributed by atoms with E-state index in [-0.39, 0.29) is 5.82 Å². The van der Waals surface area contributed by atoms with Crippen molar-refractivity contribution >= 4 is 38.5 Å². The van der Waals surface area contributed by atoms with Gasteiger partial charge in [-0.05, 0) is 46.5 Å². The Bertz CT molecular complexity index is 1390. The van der Waals surface area contributed by atoms with Crippen LogP contribution in [0.5, 0.6) is 11.5 Å². The van der Waals surface area contributed by atoms with Gasteiger partial charge in [0, 0.05) is 16.2 Å². The van der Waals surface area contributed by atoms with Gasteiger partial charge in [-0.25, -0.2) is 9.18 Å². The lowest BCUT2D eigenvalue weighted by molar-refractivity contribution is 0.153. The summed E-state index contributed by atoms with van der Waals surface area (Å²) in [5, 5.41) is 4.66. The van der Waals surface area contributed by atoms with Crippen molar-refractivity contribution in [3.8, 4) is 11.5 Å². The minimum absolute atomic E-state index is 0.350. The maximum absolute atomic E-state index is 13.7. The molecule has 5 aromatic rings. The largest absolute Gasteiger partial charge is 0.519 e. The van der Waals surface area contributed by atoms with Crippen LogP contribution in [0.2, 0.25) is 0 Å². The molecule has 0 heterocycles. The molecule has 3 nitrogen and oxygen atoms in total. The lowest BCUT2D eigenvalue weighted by atomic mass is 10.0. The summed E-state index contributed by atoms with van der Waals surface area (Å²) in [4.78, 5) is 12.7. The van der Waals surface area contributed by atoms with E-state index < -0.39 is 6.16 Å². The van der Waals surface area contributed by atoms with Crippen molar-refractivity contribution < 1.29 is 18.7 Å². The molecule has 0 saturated carbocycles. The normalized spacial score (nSPS) is 11.1. The molecule has 0 amide bonds. The van der Waals surface area contributed by atoms with Crippen molar-refractivity contribution in [2.75, 3.05) is 0 Å². The second-order valence-corrected chi connectivity index (χ2v) is 6.72. The molecule has 4 heteroatoms. The summed E-state index contributed by atoms with van der Waals surface area (Å²) >= 11 is 0. The number of carbonyl (C=O) groups excluding carboxylic acids is 1. The first-order chi connectivity index (χ1) is 14.2. The summed E-state index contributed by atoms with van der Waals surface area (Å²) in [5.41, 5.74) is 0. The van der Waals surface area contributed by atoms with Gasteiger partial charge in [0.15, 0.2) is 0 Å². The van der Waals surface area contributed by atoms with Crippen LogP contribution in [0.4, 0.5) is 9.18 Å². The topological polar surface area (TPSA) is 35.5 Å². The number of benzene rings is 5. The Morgan fingerprint density at radius 3 is 2.17 bits per heavy atom. The predicted molar refractivity (Wildman–Crippen MR) is 112 cm³/mol. The van der Waals surface area contributed by atoms with Crippen molar-refractivity contribution in [3.63, 3.8) is 0 Å². The van der Waals surface area contributed by atoms with Crippen molar-refractivity contribution in [2.24, 2.45) is 0 Å². The lowest BCUT2D eigenvalue weighted by Crippen LogP contribution is -2.14. The second-order valence-electron chi connectivity index (χ2n) is 6.72. The van der Waals surface area contributed by atoms with Gasteiger partial charge in [0.2, 0.25) is 0 Å². The molecule has 0 N–H and O–H groups in total. The van der Waals surface area contributed by atoms with E-state index in [0.29, 0.717) is 22.3 Å². The van der Waals surface area contributed by atoms with Gasteiger partial charge in [0.05, 0.1) is 0 Å². The van der Waals surface area contributed by atoms with E-state index in [1.54, 1.807) is 12.1 Å². The third-order valence-corrected chi connectivity index (χ3v) is 4.90. The number of fused-ring (bicyclic) bond motifs is 3. The van der Waals surface area contributed by atoms with E-state index in [1.165, 1.54) is 12.1 Å². The van der Waals surface area contributed by atoms with Crippen molar-refractivity contribution in [1.29, 1.82) is 0 Å². The highest BCUT2D eigenvalue weighted by molar-refractivity contribution is 6.06. The van der Waals surface area contributed by atoms with Gasteiger partial charge >= 0.3 is 6.16 Å². The molecule has 0 unspecified atom stereocenters. The van der Waals surface area contributed by atoms with Crippen LogP contribution in [0.15, 0.2) is 91.0 Å². The van der Waals surface area contributed by atoms with Crippen LogP contribution in [0.1, 0.15) is 0 Å². The standard InChI is InChI=1S/C25H15FO3/c26-19-12-13-22-18(15-19)14-17-7-2-4-10-21(17)24(22)29-25(27)28-23-11-5-8-16-6-1-3-9-20(16)23/h1-15H. The Kier molecular flexibility index (Phi) is 4.10. The van der Waals surface area contributed by atoms with Gasteiger partial charge in [0.1, 0.15) is 17.3 Å². The van der Waals surface area contributed by atoms with E-state index in [9.17, 15) is 9.18 Å². The summed E-state index contributed by atoms with van der Waals surface area (Å²) in [5.74, 6) is 0.420. The third-order valence-electron chi connectivity index (χ3n) is 4.90. The van der Waals surface area contributed by atoms with Crippen LogP contribution in [0, 0.1) is 5.82 Å². The van der Waals surface area contributed by atoms with Crippen LogP contribution in [0.25, 0.3) is 32.3 Å². The fourth-order valence-electron chi connectivity index (χ4n) is 3.59. The molecule has 0 radical (unpaired) electrons. The van der Waals surface area contributed by atoms with Gasteiger partial charge in [0.25, 0.3) is 0 Å². The van der Waals surface area contributed by atoms with Crippen molar-refractivity contribution in [3.05, 3.63) is 96.8 Å². The molecule has 0 aliphatic heterocycles. The van der Waals surface area contributed by atoms with E-state index >= 15 is 0 Å². The summed E-state index contributed by atoms with van der Waals surface area (Å²) in [6.45, 7) is 0. The zero-order valence-electron chi connectivity index (χ0n) is 15.3. The Balaban J connectivity index is 1.57. The van der Waals surface area contributed by atoms with E-state index in [2.05, 4.69) is 0 Å². The Labute approximate surface area is 165 Å². The molecule has 0 fully saturated rings. The van der Waals surface area contributed by atoms with E-state index in [4.69, 9.17) is 9.47 Å². The first-order valence-corrected chi connectivity index (χ1v) is 9.17. The molecule has 0 aliphatic carbocycles. The maximum Gasteiger partial charge on any atom is 0.519 e. The molecule has 0 atom stereocenters. The number of carbonyl (C=O) groups is 1. The van der Waals surface area contributed by atoms with Crippen molar-refractivity contribution in [2.45, 2.75) is 0 Å². The zero-order chi connectivity index (χ0) is 19.8. The quantitative estimate of drug-likeness (QED) is 0.190. The smallest absolute Gasteiger partial charge is 0.394 e. The number of halogens is 1. The van der Waals surface area contributed by atoms with Crippen LogP contribution in [-0.4, -0.2) is 6.16 Å². The minimum Gasteiger partial charge on any atom is -0.394 e. The highest BCUT2D eigenvalue weighted by Gasteiger charge is 2.16. The van der Waals surface area contributed by atoms with E-state index in [1.807, 2.05) is 66.7 Å². The lowest BCUT2D eigenvalue weighted by Gasteiger charge is -2.12. The molecular formula is C25H15FO3. The number of ether oxygens (including phenoxy) is 2. The zero-order valence-corrected chi connectivity index (χ0v) is 15.3. The summed E-state index contributed by atoms with van der Waals surface area (Å²) in [6.07, 6.45) is -0.844. The van der Waals surface area contributed by atoms with Crippen molar-refractivity contribution in [1.82, 2.24) is 0 Å². The predicted octanol–water partition coefficient (Wildman–Crippen LogP) is 6.86. The van der Waals surface area contributed by atoms with Gasteiger partial charge < -0.3 is 9.47 Å². The van der Waals surface area contributed by atoms with Gasteiger partial charge in [-0.3, -0.25) is 0 Å². The highest BCUT2D eigenvalue weighted by Crippen LogP contribution is 2.36. The molecule has 5 aromatic carbocycles. The summed E-state index contributed by atoms with van der Waals surface area (Å²) in [6, 6.07) is 26.9. The Morgan fingerprint density at radius 2 is 1.31 bits per heavy atom. The molecule has 0 bridgehead atoms. The molecule has 140 valence electrons. The Hall–Kier alpha value is -3.92. The fourth-order valence-corrected chi connectivity index (χ4v) is 3.59. The summed E-state index contributed by atoms with van der Waals surface area (Å²) < 4.78 is 24.9. The maximum atomic E-state index is 13.7. The fraction of sp³-hybridized carbons (Fsp3) is 0. The van der Waals surface area contributed by atoms with E-state index in [0.717, 1.165) is 21.5 Å². The second kappa shape index (κ2) is 6.91. The van der Waals surface area contributed by atoms with Gasteiger partial charge in [-0.15, -0.1) is 0 Å². The first-order valence-electron chi connectivity index (χ1n) is 9.17. The molecule has 0 aromatic heterocycles. The minimum atomic E-state index is -0.844. The third kappa shape index (κ3) is 3.15. The van der Waals surface area contributed by atoms with Gasteiger partial charge in [-0.1, -0.05) is 60.7 Å². The molecular weight excluding hydrogens is 367 g/mol. The molecule has 0 spiro atoms. The number of rotatable bonds is 2. The Morgan fingerprint density at radius 1 is 0.621 bits per heavy atom. The number of hydrogen-bond donors (Lipinski definition) is 0. The van der Waals surface area contributed by atoms with Crippen LogP contribution in [0.3, 0.4) is 0 Å². The average Bonchev–Trinajstić information content (AvgIpc) is 2.73. The van der Waals surface area contributed by atoms with Crippen LogP contribution < -0.4 is 9.47 Å². The molecule has 5 rings (SSSR count). The summed E-state index contributed by atoms with van der Waals surface area (Å²) in [7, 11) is 0. The molecule has 0 aliphatic rings. The monoisotopic (exact) mass is 382 g/mol. The SMILES string of the molecule is O=C(Oc1cccc2ccccc12)Oc1c2ccccc2cc2cc(F)ccc12. The highest BCUT2D eigenvalue weighted by atomic mass is 19.1. The first kappa shape index (κ1) is 17.2. The van der Waals surface area contributed by atoms with Gasteiger partial charge in [-0.2, -0.15) is 0 Å². The van der Waals surface area contributed by atoms with Crippen LogP contribution >= 0.6 is 0 Å². The number of hydrogen-bond acceptors (Lipinski definition) is 3. The van der Waals surface area contributed by atoms with Crippen LogP contribution in [-0.2, 0) is 0 Å². The average molecular weight is 382 g/mol. The molecule has 0 saturated heterocycles. The molecule has 29 heavy (non-hydrogen) atoms.